The van der Waals surface area contributed by atoms with E-state index in [1.165, 1.54) is 59.3 Å². The van der Waals surface area contributed by atoms with Crippen LogP contribution in [0, 0.1) is 5.82 Å². The number of aromatic nitrogens is 5. The molecule has 0 aliphatic heterocycles. The van der Waals surface area contributed by atoms with Gasteiger partial charge >= 0.3 is 6.09 Å². The van der Waals surface area contributed by atoms with Gasteiger partial charge < -0.3 is 20.1 Å². The average Bonchev–Trinajstić information content (AvgIpc) is 3.35. The Kier molecular flexibility index (Phi) is 7.65. The van der Waals surface area contributed by atoms with Gasteiger partial charge in [0.15, 0.2) is 17.3 Å². The first-order valence-electron chi connectivity index (χ1n) is 13.3. The molecule has 0 spiro atoms. The lowest BCUT2D eigenvalue weighted by molar-refractivity contribution is 0.00732. The van der Waals surface area contributed by atoms with Gasteiger partial charge in [0, 0.05) is 32.6 Å². The Labute approximate surface area is 240 Å². The first-order chi connectivity index (χ1) is 20.0. The Bertz CT molecular complexity index is 1710. The number of halogens is 1. The van der Waals surface area contributed by atoms with Crippen LogP contribution in [0.15, 0.2) is 53.7 Å². The van der Waals surface area contributed by atoms with Crippen molar-refractivity contribution in [2.45, 2.75) is 51.4 Å². The molecule has 1 fully saturated rings. The van der Waals surface area contributed by atoms with Crippen molar-refractivity contribution in [1.82, 2.24) is 29.5 Å². The van der Waals surface area contributed by atoms with Gasteiger partial charge in [-0.15, -0.1) is 0 Å². The van der Waals surface area contributed by atoms with E-state index in [0.29, 0.717) is 0 Å². The molecule has 220 valence electrons. The quantitative estimate of drug-likeness (QED) is 0.337. The van der Waals surface area contributed by atoms with Crippen LogP contribution in [-0.2, 0) is 9.47 Å². The van der Waals surface area contributed by atoms with Crippen molar-refractivity contribution >= 4 is 35.0 Å². The maximum Gasteiger partial charge on any atom is 0.415 e. The average molecular weight is 579 g/mol. The number of ether oxygens (including phenoxy) is 2. The van der Waals surface area contributed by atoms with Crippen LogP contribution in [0.25, 0.3) is 11.5 Å². The predicted molar refractivity (Wildman–Crippen MR) is 152 cm³/mol. The maximum absolute atomic E-state index is 14.4. The number of fused-ring (bicyclic) bond motifs is 1. The molecule has 0 aromatic carbocycles. The fraction of sp³-hybridized carbons (Fsp3) is 0.357. The molecule has 13 nitrogen and oxygen atoms in total. The summed E-state index contributed by atoms with van der Waals surface area (Å²) >= 11 is 0. The fourth-order valence-corrected chi connectivity index (χ4v) is 4.45. The molecular formula is C28H31FN8O5. The highest BCUT2D eigenvalue weighted by Gasteiger charge is 2.33. The first kappa shape index (κ1) is 28.7. The van der Waals surface area contributed by atoms with Gasteiger partial charge in [0.25, 0.3) is 11.5 Å². The minimum Gasteiger partial charge on any atom is -0.443 e. The Morgan fingerprint density at radius 2 is 1.98 bits per heavy atom. The second-order valence-electron chi connectivity index (χ2n) is 10.8. The second kappa shape index (κ2) is 11.2. The van der Waals surface area contributed by atoms with Crippen LogP contribution >= 0.6 is 0 Å². The topological polar surface area (TPSA) is 145 Å². The van der Waals surface area contributed by atoms with E-state index in [1.807, 2.05) is 0 Å². The molecule has 1 aliphatic carbocycles. The number of anilines is 3. The molecule has 4 aromatic heterocycles. The van der Waals surface area contributed by atoms with Crippen LogP contribution in [0.4, 0.5) is 26.5 Å². The van der Waals surface area contributed by atoms with E-state index in [1.54, 1.807) is 33.9 Å². The number of rotatable bonds is 7. The molecule has 5 rings (SSSR count). The lowest BCUT2D eigenvalue weighted by Crippen LogP contribution is -2.51. The SMILES string of the molecule is COC1CC[C@H]1NC(=O)c1cnn2c(N(C)C(=O)OC(C)(C)C)cc(Nc3cccn(-c4ncccc4F)c3=O)nc12. The molecule has 2 atom stereocenters. The molecule has 2 N–H and O–H groups in total. The zero-order valence-corrected chi connectivity index (χ0v) is 23.8. The van der Waals surface area contributed by atoms with Crippen LogP contribution in [0.5, 0.6) is 0 Å². The van der Waals surface area contributed by atoms with E-state index >= 15 is 0 Å². The van der Waals surface area contributed by atoms with Crippen molar-refractivity contribution in [2.75, 3.05) is 24.4 Å². The molecule has 1 aliphatic rings. The standard InChI is InChI=1S/C28H31FN8O5/c1-28(2,3)42-27(40)35(4)22-14-21(32-19-9-7-13-36(26(19)39)24-17(29)8-6-12-30-24)34-23-16(15-31-37(22)23)25(38)33-18-10-11-20(18)41-5/h6-9,12-15,18,20H,10-11H2,1-5H3,(H,32,34)(H,33,38)/t18-,20?/m1/s1. The van der Waals surface area contributed by atoms with E-state index in [0.717, 1.165) is 17.4 Å². The number of carbonyl (C=O) groups is 2. The van der Waals surface area contributed by atoms with Crippen molar-refractivity contribution in [3.05, 3.63) is 70.7 Å². The molecule has 2 amide bonds. The summed E-state index contributed by atoms with van der Waals surface area (Å²) in [5.41, 5.74) is -1.04. The van der Waals surface area contributed by atoms with Crippen molar-refractivity contribution in [2.24, 2.45) is 0 Å². The van der Waals surface area contributed by atoms with Crippen molar-refractivity contribution in [1.29, 1.82) is 0 Å². The number of pyridine rings is 2. The number of nitrogens with one attached hydrogen (secondary N) is 2. The molecule has 0 bridgehead atoms. The summed E-state index contributed by atoms with van der Waals surface area (Å²) in [4.78, 5) is 49.3. The Morgan fingerprint density at radius 1 is 1.19 bits per heavy atom. The predicted octanol–water partition coefficient (Wildman–Crippen LogP) is 3.44. The van der Waals surface area contributed by atoms with Crippen LogP contribution in [0.3, 0.4) is 0 Å². The molecule has 4 aromatic rings. The van der Waals surface area contributed by atoms with Gasteiger partial charge in [0.2, 0.25) is 0 Å². The fourth-order valence-electron chi connectivity index (χ4n) is 4.45. The summed E-state index contributed by atoms with van der Waals surface area (Å²) in [6.45, 7) is 5.22. The minimum atomic E-state index is -0.774. The first-order valence-corrected chi connectivity index (χ1v) is 13.3. The van der Waals surface area contributed by atoms with Gasteiger partial charge in [-0.25, -0.2) is 19.2 Å². The zero-order valence-electron chi connectivity index (χ0n) is 23.8. The van der Waals surface area contributed by atoms with E-state index in [-0.39, 0.29) is 46.5 Å². The van der Waals surface area contributed by atoms with Crippen LogP contribution in [0.2, 0.25) is 0 Å². The molecule has 0 radical (unpaired) electrons. The number of hydrogen-bond donors (Lipinski definition) is 2. The molecular weight excluding hydrogens is 547 g/mol. The largest absolute Gasteiger partial charge is 0.443 e. The highest BCUT2D eigenvalue weighted by Crippen LogP contribution is 2.26. The van der Waals surface area contributed by atoms with Crippen LogP contribution in [0.1, 0.15) is 44.0 Å². The van der Waals surface area contributed by atoms with Gasteiger partial charge in [-0.2, -0.15) is 9.61 Å². The number of nitrogens with zero attached hydrogens (tertiary/aromatic N) is 6. The van der Waals surface area contributed by atoms with Crippen LogP contribution < -0.4 is 21.1 Å². The van der Waals surface area contributed by atoms with Gasteiger partial charge in [-0.05, 0) is 57.9 Å². The highest BCUT2D eigenvalue weighted by atomic mass is 19.1. The molecule has 4 heterocycles. The third-order valence-electron chi connectivity index (χ3n) is 6.72. The normalized spacial score (nSPS) is 16.5. The third kappa shape index (κ3) is 5.65. The minimum absolute atomic E-state index is 0.0493. The summed E-state index contributed by atoms with van der Waals surface area (Å²) < 4.78 is 27.7. The highest BCUT2D eigenvalue weighted by molar-refractivity contribution is 6.00. The Balaban J connectivity index is 1.57. The summed E-state index contributed by atoms with van der Waals surface area (Å²) in [6, 6.07) is 7.00. The van der Waals surface area contributed by atoms with Gasteiger partial charge in [-0.3, -0.25) is 19.1 Å². The number of hydrogen-bond acceptors (Lipinski definition) is 9. The van der Waals surface area contributed by atoms with E-state index in [2.05, 4.69) is 25.7 Å². The third-order valence-corrected chi connectivity index (χ3v) is 6.72. The summed E-state index contributed by atoms with van der Waals surface area (Å²) in [5, 5.41) is 10.2. The van der Waals surface area contributed by atoms with E-state index in [9.17, 15) is 18.8 Å². The monoisotopic (exact) mass is 578 g/mol. The van der Waals surface area contributed by atoms with Gasteiger partial charge in [-0.1, -0.05) is 0 Å². The van der Waals surface area contributed by atoms with Crippen molar-refractivity contribution < 1.29 is 23.5 Å². The second-order valence-corrected chi connectivity index (χ2v) is 10.8. The van der Waals surface area contributed by atoms with Gasteiger partial charge in [0.05, 0.1) is 18.3 Å². The molecule has 0 saturated heterocycles. The number of amides is 2. The summed E-state index contributed by atoms with van der Waals surface area (Å²) in [5.74, 6) is -0.923. The molecule has 1 saturated carbocycles. The number of carbonyl (C=O) groups excluding carboxylic acids is 2. The summed E-state index contributed by atoms with van der Waals surface area (Å²) in [7, 11) is 3.08. The molecule has 1 unspecified atom stereocenters. The lowest BCUT2D eigenvalue weighted by atomic mass is 9.89. The van der Waals surface area contributed by atoms with Crippen molar-refractivity contribution in [3.63, 3.8) is 0 Å². The molecule has 42 heavy (non-hydrogen) atoms. The zero-order chi connectivity index (χ0) is 30.2. The number of methoxy groups -OCH3 is 1. The summed E-state index contributed by atoms with van der Waals surface area (Å²) in [6.07, 6.45) is 4.98. The van der Waals surface area contributed by atoms with Crippen LogP contribution in [-0.4, -0.2) is 68.1 Å². The van der Waals surface area contributed by atoms with E-state index in [4.69, 9.17) is 9.47 Å². The molecule has 14 heteroatoms. The maximum atomic E-state index is 14.4. The lowest BCUT2D eigenvalue weighted by Gasteiger charge is -2.35. The van der Waals surface area contributed by atoms with Crippen molar-refractivity contribution in [3.8, 4) is 5.82 Å². The Morgan fingerprint density at radius 3 is 2.64 bits per heavy atom. The van der Waals surface area contributed by atoms with E-state index < -0.39 is 29.0 Å². The smallest absolute Gasteiger partial charge is 0.415 e. The Hall–Kier alpha value is -4.85. The van der Waals surface area contributed by atoms with Gasteiger partial charge in [0.1, 0.15) is 28.5 Å².